The summed E-state index contributed by atoms with van der Waals surface area (Å²) in [5.41, 5.74) is 2.57. The summed E-state index contributed by atoms with van der Waals surface area (Å²) in [5.74, 6) is -0.150. The zero-order valence-corrected chi connectivity index (χ0v) is 13.2. The number of carbonyl (C=O) groups is 1. The second-order valence-electron chi connectivity index (χ2n) is 5.21. The third-order valence-electron chi connectivity index (χ3n) is 3.46. The van der Waals surface area contributed by atoms with E-state index in [0.717, 1.165) is 12.2 Å². The van der Waals surface area contributed by atoms with Crippen LogP contribution in [0.25, 0.3) is 0 Å². The first kappa shape index (κ1) is 15.3. The second-order valence-corrected chi connectivity index (χ2v) is 5.64. The zero-order valence-electron chi connectivity index (χ0n) is 12.4. The maximum absolute atomic E-state index is 12.1. The molecule has 3 rings (SSSR count). The van der Waals surface area contributed by atoms with Gasteiger partial charge in [-0.15, -0.1) is 0 Å². The largest absolute Gasteiger partial charge is 0.322 e. The first-order valence-electron chi connectivity index (χ1n) is 7.31. The number of carbonyl (C=O) groups excluding carboxylic acids is 1. The Morgan fingerprint density at radius 3 is 2.22 bits per heavy atom. The van der Waals surface area contributed by atoms with Gasteiger partial charge in [-0.2, -0.15) is 0 Å². The number of anilines is 1. The highest BCUT2D eigenvalue weighted by atomic mass is 35.5. The van der Waals surface area contributed by atoms with Crippen LogP contribution in [0.15, 0.2) is 79.1 Å². The van der Waals surface area contributed by atoms with Gasteiger partial charge in [-0.3, -0.25) is 4.79 Å². The van der Waals surface area contributed by atoms with E-state index >= 15 is 0 Å². The first-order chi connectivity index (χ1) is 11.2. The predicted octanol–water partition coefficient (Wildman–Crippen LogP) is 3.93. The van der Waals surface area contributed by atoms with Gasteiger partial charge in [0.2, 0.25) is 0 Å². The fourth-order valence-electron chi connectivity index (χ4n) is 2.24. The van der Waals surface area contributed by atoms with Crippen LogP contribution in [0, 0.1) is 0 Å². The standard InChI is InChI=1S/C19H15ClN2O/c20-17-8-6-16(7-9-17)19(23)21-18-10-12-22(13-11-18)14-15-4-2-1-3-5-15/h1-13H,14H2/p+1. The maximum Gasteiger partial charge on any atom is 0.255 e. The number of nitrogens with one attached hydrogen (secondary N) is 1. The molecule has 23 heavy (non-hydrogen) atoms. The van der Waals surface area contributed by atoms with Gasteiger partial charge >= 0.3 is 0 Å². The molecule has 2 aromatic carbocycles. The highest BCUT2D eigenvalue weighted by molar-refractivity contribution is 6.30. The second kappa shape index (κ2) is 7.07. The lowest BCUT2D eigenvalue weighted by Crippen LogP contribution is -2.33. The molecule has 114 valence electrons. The van der Waals surface area contributed by atoms with E-state index in [1.54, 1.807) is 24.3 Å². The Bertz CT molecular complexity index is 784. The van der Waals surface area contributed by atoms with Crippen molar-refractivity contribution in [1.29, 1.82) is 0 Å². The topological polar surface area (TPSA) is 33.0 Å². The minimum atomic E-state index is -0.150. The van der Waals surface area contributed by atoms with E-state index in [2.05, 4.69) is 22.0 Å². The molecule has 1 N–H and O–H groups in total. The molecule has 0 saturated carbocycles. The normalized spacial score (nSPS) is 10.3. The SMILES string of the molecule is O=C(Nc1cc[n+](Cc2ccccc2)cc1)c1ccc(Cl)cc1. The highest BCUT2D eigenvalue weighted by Crippen LogP contribution is 2.12. The van der Waals surface area contributed by atoms with Gasteiger partial charge in [0, 0.05) is 28.3 Å². The van der Waals surface area contributed by atoms with Gasteiger partial charge in [0.25, 0.3) is 5.91 Å². The molecule has 0 saturated heterocycles. The molecule has 1 heterocycles. The summed E-state index contributed by atoms with van der Waals surface area (Å²) < 4.78 is 2.06. The van der Waals surface area contributed by atoms with E-state index in [1.807, 2.05) is 42.7 Å². The number of hydrogen-bond acceptors (Lipinski definition) is 1. The fraction of sp³-hybridized carbons (Fsp3) is 0.0526. The van der Waals surface area contributed by atoms with E-state index in [1.165, 1.54) is 5.56 Å². The van der Waals surface area contributed by atoms with Gasteiger partial charge in [0.05, 0.1) is 5.69 Å². The summed E-state index contributed by atoms with van der Waals surface area (Å²) in [6, 6.07) is 20.8. The van der Waals surface area contributed by atoms with Crippen LogP contribution in [-0.4, -0.2) is 5.91 Å². The van der Waals surface area contributed by atoms with Crippen LogP contribution in [0.4, 0.5) is 5.69 Å². The molecule has 0 unspecified atom stereocenters. The molecule has 0 aliphatic heterocycles. The Kier molecular flexibility index (Phi) is 4.69. The fourth-order valence-corrected chi connectivity index (χ4v) is 2.37. The molecule has 0 aliphatic carbocycles. The van der Waals surface area contributed by atoms with Gasteiger partial charge in [0.1, 0.15) is 0 Å². The molecule has 3 aromatic rings. The van der Waals surface area contributed by atoms with Crippen LogP contribution >= 0.6 is 11.6 Å². The molecule has 0 spiro atoms. The molecule has 0 fully saturated rings. The Morgan fingerprint density at radius 2 is 1.57 bits per heavy atom. The van der Waals surface area contributed by atoms with Crippen molar-refractivity contribution in [2.24, 2.45) is 0 Å². The number of pyridine rings is 1. The van der Waals surface area contributed by atoms with Gasteiger partial charge in [-0.05, 0) is 24.3 Å². The molecule has 4 heteroatoms. The quantitative estimate of drug-likeness (QED) is 0.725. The highest BCUT2D eigenvalue weighted by Gasteiger charge is 2.07. The third-order valence-corrected chi connectivity index (χ3v) is 3.72. The molecule has 0 bridgehead atoms. The van der Waals surface area contributed by atoms with Crippen LogP contribution in [0.2, 0.25) is 5.02 Å². The van der Waals surface area contributed by atoms with Crippen molar-refractivity contribution in [3.63, 3.8) is 0 Å². The minimum Gasteiger partial charge on any atom is -0.322 e. The summed E-state index contributed by atoms with van der Waals surface area (Å²) in [6.45, 7) is 0.798. The van der Waals surface area contributed by atoms with Gasteiger partial charge < -0.3 is 5.32 Å². The minimum absolute atomic E-state index is 0.150. The van der Waals surface area contributed by atoms with E-state index < -0.39 is 0 Å². The summed E-state index contributed by atoms with van der Waals surface area (Å²) in [7, 11) is 0. The number of halogens is 1. The number of rotatable bonds is 4. The first-order valence-corrected chi connectivity index (χ1v) is 7.68. The van der Waals surface area contributed by atoms with Crippen molar-refractivity contribution in [2.75, 3.05) is 5.32 Å². The monoisotopic (exact) mass is 323 g/mol. The summed E-state index contributed by atoms with van der Waals surface area (Å²) in [5, 5.41) is 3.49. The van der Waals surface area contributed by atoms with Crippen molar-refractivity contribution in [1.82, 2.24) is 0 Å². The Labute approximate surface area is 140 Å². The van der Waals surface area contributed by atoms with E-state index in [0.29, 0.717) is 10.6 Å². The number of hydrogen-bond donors (Lipinski definition) is 1. The predicted molar refractivity (Wildman–Crippen MR) is 91.6 cm³/mol. The maximum atomic E-state index is 12.1. The van der Waals surface area contributed by atoms with Crippen molar-refractivity contribution in [3.05, 3.63) is 95.3 Å². The van der Waals surface area contributed by atoms with Crippen molar-refractivity contribution >= 4 is 23.2 Å². The Hall–Kier alpha value is -2.65. The van der Waals surface area contributed by atoms with Crippen LogP contribution in [-0.2, 0) is 6.54 Å². The molecule has 0 aliphatic rings. The van der Waals surface area contributed by atoms with Crippen LogP contribution in [0.3, 0.4) is 0 Å². The van der Waals surface area contributed by atoms with Gasteiger partial charge in [0.15, 0.2) is 18.9 Å². The van der Waals surface area contributed by atoms with Gasteiger partial charge in [-0.25, -0.2) is 4.57 Å². The lowest BCUT2D eigenvalue weighted by molar-refractivity contribution is -0.688. The number of aromatic nitrogens is 1. The van der Waals surface area contributed by atoms with Crippen LogP contribution in [0.1, 0.15) is 15.9 Å². The molecule has 0 radical (unpaired) electrons. The number of amides is 1. The van der Waals surface area contributed by atoms with E-state index in [9.17, 15) is 4.79 Å². The Balaban J connectivity index is 1.65. The average Bonchev–Trinajstić information content (AvgIpc) is 2.58. The number of benzene rings is 2. The molecular weight excluding hydrogens is 308 g/mol. The van der Waals surface area contributed by atoms with E-state index in [-0.39, 0.29) is 5.91 Å². The Morgan fingerprint density at radius 1 is 0.913 bits per heavy atom. The molecular formula is C19H16ClN2O+. The summed E-state index contributed by atoms with van der Waals surface area (Å²) in [4.78, 5) is 12.1. The zero-order chi connectivity index (χ0) is 16.1. The smallest absolute Gasteiger partial charge is 0.255 e. The van der Waals surface area contributed by atoms with Gasteiger partial charge in [-0.1, -0.05) is 41.9 Å². The van der Waals surface area contributed by atoms with Crippen molar-refractivity contribution in [3.8, 4) is 0 Å². The molecule has 1 amide bonds. The van der Waals surface area contributed by atoms with Crippen LogP contribution in [0.5, 0.6) is 0 Å². The van der Waals surface area contributed by atoms with E-state index in [4.69, 9.17) is 11.6 Å². The average molecular weight is 324 g/mol. The van der Waals surface area contributed by atoms with Crippen molar-refractivity contribution in [2.45, 2.75) is 6.54 Å². The lowest BCUT2D eigenvalue weighted by atomic mass is 10.2. The van der Waals surface area contributed by atoms with Crippen LogP contribution < -0.4 is 9.88 Å². The summed E-state index contributed by atoms with van der Waals surface area (Å²) >= 11 is 5.83. The third kappa shape index (κ3) is 4.18. The lowest BCUT2D eigenvalue weighted by Gasteiger charge is -2.05. The molecule has 3 nitrogen and oxygen atoms in total. The number of nitrogens with zero attached hydrogens (tertiary/aromatic N) is 1. The molecule has 0 atom stereocenters. The summed E-state index contributed by atoms with van der Waals surface area (Å²) in [6.07, 6.45) is 3.90. The molecule has 1 aromatic heterocycles. The van der Waals surface area contributed by atoms with Crippen molar-refractivity contribution < 1.29 is 9.36 Å².